The molecule has 0 spiro atoms. The average molecular weight is 331 g/mol. The van der Waals surface area contributed by atoms with E-state index in [-0.39, 0.29) is 5.57 Å². The minimum atomic E-state index is -0.408. The van der Waals surface area contributed by atoms with E-state index in [1.165, 1.54) is 0 Å². The summed E-state index contributed by atoms with van der Waals surface area (Å²) in [5.41, 5.74) is 4.73. The highest BCUT2D eigenvalue weighted by molar-refractivity contribution is 7.99. The molecule has 5 rings (SSSR count). The number of carbonyl (C=O) groups is 1. The van der Waals surface area contributed by atoms with Crippen LogP contribution in [0.1, 0.15) is 11.1 Å². The van der Waals surface area contributed by atoms with Crippen molar-refractivity contribution in [1.29, 1.82) is 5.26 Å². The molecular weight excluding hydrogens is 318 g/mol. The molecule has 24 heavy (non-hydrogen) atoms. The van der Waals surface area contributed by atoms with Crippen LogP contribution in [0.5, 0.6) is 0 Å². The Bertz CT molecular complexity index is 1020. The number of carbonyl (C=O) groups excluding carboxylic acids is 1. The normalized spacial score (nSPS) is 18.9. The molecule has 0 saturated carbocycles. The largest absolute Gasteiger partial charge is 0.369 e. The maximum absolute atomic E-state index is 12.2. The number of nitrogens with zero attached hydrogens (tertiary/aromatic N) is 3. The van der Waals surface area contributed by atoms with Crippen LogP contribution in [0.3, 0.4) is 0 Å². The van der Waals surface area contributed by atoms with Crippen molar-refractivity contribution in [3.05, 3.63) is 47.0 Å². The van der Waals surface area contributed by atoms with E-state index in [9.17, 15) is 10.1 Å². The van der Waals surface area contributed by atoms with Crippen LogP contribution >= 0.6 is 11.8 Å². The summed E-state index contributed by atoms with van der Waals surface area (Å²) in [6.07, 6.45) is 0. The number of nitriles is 1. The molecule has 0 N–H and O–H groups in total. The van der Waals surface area contributed by atoms with Crippen molar-refractivity contribution in [3.63, 3.8) is 0 Å². The quantitative estimate of drug-likeness (QED) is 0.806. The highest BCUT2D eigenvalue weighted by atomic mass is 32.2. The van der Waals surface area contributed by atoms with E-state index in [2.05, 4.69) is 34.2 Å². The van der Waals surface area contributed by atoms with Crippen molar-refractivity contribution in [3.8, 4) is 6.07 Å². The van der Waals surface area contributed by atoms with Crippen LogP contribution in [0, 0.1) is 11.3 Å². The molecule has 2 heterocycles. The van der Waals surface area contributed by atoms with Crippen molar-refractivity contribution >= 4 is 45.4 Å². The first-order valence-electron chi connectivity index (χ1n) is 7.96. The Hall–Kier alpha value is -2.58. The molecule has 1 fully saturated rings. The van der Waals surface area contributed by atoms with E-state index >= 15 is 0 Å². The molecule has 4 nitrogen and oxygen atoms in total. The zero-order chi connectivity index (χ0) is 16.3. The predicted octanol–water partition coefficient (Wildman–Crippen LogP) is 3.01. The van der Waals surface area contributed by atoms with Gasteiger partial charge in [-0.25, -0.2) is 4.99 Å². The number of thioether (sulfide) groups is 1. The SMILES string of the molecule is N#CC1=C2C(=NC1=O)c1c(N3CCSCC3)ccc3cccc2c13. The van der Waals surface area contributed by atoms with Gasteiger partial charge in [0, 0.05) is 46.8 Å². The van der Waals surface area contributed by atoms with Gasteiger partial charge in [0.1, 0.15) is 11.6 Å². The maximum atomic E-state index is 12.2. The number of hydrogen-bond acceptors (Lipinski definition) is 4. The first kappa shape index (κ1) is 13.8. The van der Waals surface area contributed by atoms with Gasteiger partial charge in [-0.3, -0.25) is 4.79 Å². The molecule has 2 aliphatic heterocycles. The van der Waals surface area contributed by atoms with Crippen molar-refractivity contribution in [2.75, 3.05) is 29.5 Å². The second kappa shape index (κ2) is 4.96. The van der Waals surface area contributed by atoms with Crippen molar-refractivity contribution < 1.29 is 4.79 Å². The van der Waals surface area contributed by atoms with Crippen LogP contribution in [0.2, 0.25) is 0 Å². The number of aliphatic imine (C=N–C) groups is 1. The van der Waals surface area contributed by atoms with E-state index in [1.807, 2.05) is 23.9 Å². The number of hydrogen-bond donors (Lipinski definition) is 0. The van der Waals surface area contributed by atoms with E-state index in [4.69, 9.17) is 0 Å². The Morgan fingerprint density at radius 1 is 1.17 bits per heavy atom. The summed E-state index contributed by atoms with van der Waals surface area (Å²) < 4.78 is 0. The summed E-state index contributed by atoms with van der Waals surface area (Å²) in [6.45, 7) is 1.99. The number of fused-ring (bicyclic) bond motifs is 3. The minimum absolute atomic E-state index is 0.175. The smallest absolute Gasteiger partial charge is 0.288 e. The van der Waals surface area contributed by atoms with Gasteiger partial charge in [-0.1, -0.05) is 24.3 Å². The summed E-state index contributed by atoms with van der Waals surface area (Å²) in [4.78, 5) is 18.8. The predicted molar refractivity (Wildman–Crippen MR) is 97.6 cm³/mol. The molecule has 3 aliphatic rings. The zero-order valence-electron chi connectivity index (χ0n) is 12.9. The topological polar surface area (TPSA) is 56.5 Å². The highest BCUT2D eigenvalue weighted by Gasteiger charge is 2.38. The fourth-order valence-electron chi connectivity index (χ4n) is 3.87. The Balaban J connectivity index is 1.85. The van der Waals surface area contributed by atoms with Crippen molar-refractivity contribution in [1.82, 2.24) is 0 Å². The number of amides is 1. The Morgan fingerprint density at radius 3 is 2.79 bits per heavy atom. The molecular formula is C19H13N3OS. The van der Waals surface area contributed by atoms with Crippen LogP contribution in [-0.4, -0.2) is 36.2 Å². The van der Waals surface area contributed by atoms with Gasteiger partial charge in [0.15, 0.2) is 0 Å². The second-order valence-corrected chi connectivity index (χ2v) is 7.31. The third-order valence-electron chi connectivity index (χ3n) is 4.91. The van der Waals surface area contributed by atoms with Crippen molar-refractivity contribution in [2.24, 2.45) is 4.99 Å². The molecule has 0 bridgehead atoms. The van der Waals surface area contributed by atoms with Crippen LogP contribution in [0.15, 0.2) is 40.9 Å². The average Bonchev–Trinajstić information content (AvgIpc) is 3.12. The third-order valence-corrected chi connectivity index (χ3v) is 5.85. The second-order valence-electron chi connectivity index (χ2n) is 6.09. The van der Waals surface area contributed by atoms with Crippen molar-refractivity contribution in [2.45, 2.75) is 0 Å². The molecule has 116 valence electrons. The Labute approximate surface area is 143 Å². The van der Waals surface area contributed by atoms with E-state index in [0.717, 1.165) is 57.8 Å². The number of benzene rings is 2. The van der Waals surface area contributed by atoms with Gasteiger partial charge in [0.2, 0.25) is 0 Å². The van der Waals surface area contributed by atoms with Gasteiger partial charge in [-0.05, 0) is 17.0 Å². The number of rotatable bonds is 1. The first-order valence-corrected chi connectivity index (χ1v) is 9.12. The summed E-state index contributed by atoms with van der Waals surface area (Å²) in [5, 5.41) is 11.7. The van der Waals surface area contributed by atoms with Gasteiger partial charge in [-0.2, -0.15) is 17.0 Å². The molecule has 1 amide bonds. The van der Waals surface area contributed by atoms with Crippen LogP contribution in [-0.2, 0) is 4.79 Å². The lowest BCUT2D eigenvalue weighted by Crippen LogP contribution is -2.33. The molecule has 2 aromatic rings. The third kappa shape index (κ3) is 1.69. The fraction of sp³-hybridized carbons (Fsp3) is 0.211. The van der Waals surface area contributed by atoms with E-state index < -0.39 is 5.91 Å². The summed E-state index contributed by atoms with van der Waals surface area (Å²) in [6, 6.07) is 12.4. The lowest BCUT2D eigenvalue weighted by Gasteiger charge is -2.30. The fourth-order valence-corrected chi connectivity index (χ4v) is 4.77. The summed E-state index contributed by atoms with van der Waals surface area (Å²) in [7, 11) is 0. The standard InChI is InChI=1S/C19H13N3OS/c20-10-13-16-12-3-1-2-11-4-5-14(22-6-8-24-9-7-22)17(15(11)12)18(16)21-19(13)23/h1-5H,6-9H2. The van der Waals surface area contributed by atoms with Crippen LogP contribution in [0.25, 0.3) is 16.3 Å². The molecule has 1 saturated heterocycles. The molecule has 2 aromatic carbocycles. The molecule has 5 heteroatoms. The Kier molecular flexibility index (Phi) is 2.85. The summed E-state index contributed by atoms with van der Waals surface area (Å²) in [5.74, 6) is 1.81. The first-order chi connectivity index (χ1) is 11.8. The minimum Gasteiger partial charge on any atom is -0.369 e. The van der Waals surface area contributed by atoms with Gasteiger partial charge in [0.05, 0.1) is 5.71 Å². The summed E-state index contributed by atoms with van der Waals surface area (Å²) >= 11 is 1.97. The zero-order valence-corrected chi connectivity index (χ0v) is 13.7. The molecule has 0 atom stereocenters. The Morgan fingerprint density at radius 2 is 2.00 bits per heavy atom. The van der Waals surface area contributed by atoms with Gasteiger partial charge >= 0.3 is 0 Å². The van der Waals surface area contributed by atoms with E-state index in [1.54, 1.807) is 0 Å². The maximum Gasteiger partial charge on any atom is 0.288 e. The number of allylic oxidation sites excluding steroid dienone is 1. The highest BCUT2D eigenvalue weighted by Crippen LogP contribution is 2.46. The lowest BCUT2D eigenvalue weighted by molar-refractivity contribution is -0.113. The monoisotopic (exact) mass is 331 g/mol. The van der Waals surface area contributed by atoms with Crippen LogP contribution < -0.4 is 4.90 Å². The molecule has 0 unspecified atom stereocenters. The van der Waals surface area contributed by atoms with Crippen LogP contribution in [0.4, 0.5) is 5.69 Å². The number of anilines is 1. The van der Waals surface area contributed by atoms with Gasteiger partial charge in [-0.15, -0.1) is 0 Å². The molecule has 1 aliphatic carbocycles. The molecule has 0 aromatic heterocycles. The lowest BCUT2D eigenvalue weighted by atomic mass is 10.0. The molecule has 0 radical (unpaired) electrons. The van der Waals surface area contributed by atoms with Gasteiger partial charge in [0.25, 0.3) is 5.91 Å². The van der Waals surface area contributed by atoms with Gasteiger partial charge < -0.3 is 4.90 Å². The van der Waals surface area contributed by atoms with E-state index in [0.29, 0.717) is 5.71 Å².